The smallest absolute Gasteiger partial charge is 0.221 e. The van der Waals surface area contributed by atoms with Gasteiger partial charge in [0, 0.05) is 19.0 Å². The molecule has 0 bridgehead atoms. The van der Waals surface area contributed by atoms with Gasteiger partial charge in [0.25, 0.3) is 0 Å². The van der Waals surface area contributed by atoms with Gasteiger partial charge in [-0.2, -0.15) is 0 Å². The number of hydrogen-bond donors (Lipinski definition) is 2. The Morgan fingerprint density at radius 1 is 1.54 bits per heavy atom. The van der Waals surface area contributed by atoms with Gasteiger partial charge in [-0.25, -0.2) is 0 Å². The fourth-order valence-corrected chi connectivity index (χ4v) is 1.50. The Morgan fingerprint density at radius 3 is 2.77 bits per heavy atom. The van der Waals surface area contributed by atoms with Gasteiger partial charge in [0.1, 0.15) is 0 Å². The first kappa shape index (κ1) is 10.5. The number of nitrogens with one attached hydrogen (secondary N) is 2. The molecule has 3 nitrogen and oxygen atoms in total. The predicted molar refractivity (Wildman–Crippen MR) is 53.5 cm³/mol. The highest BCUT2D eigenvalue weighted by atomic mass is 16.1. The van der Waals surface area contributed by atoms with Crippen LogP contribution in [0.4, 0.5) is 0 Å². The number of carbonyl (C=O) groups is 1. The van der Waals surface area contributed by atoms with E-state index in [1.54, 1.807) is 0 Å². The maximum atomic E-state index is 11.3. The lowest BCUT2D eigenvalue weighted by Gasteiger charge is -2.12. The maximum absolute atomic E-state index is 11.3. The fourth-order valence-electron chi connectivity index (χ4n) is 1.50. The molecule has 2 N–H and O–H groups in total. The van der Waals surface area contributed by atoms with Crippen LogP contribution in [0.2, 0.25) is 0 Å². The Morgan fingerprint density at radius 2 is 2.23 bits per heavy atom. The zero-order valence-corrected chi connectivity index (χ0v) is 8.60. The third kappa shape index (κ3) is 4.88. The molecule has 1 atom stereocenters. The molecule has 0 radical (unpaired) electrons. The van der Waals surface area contributed by atoms with Crippen molar-refractivity contribution in [3.05, 3.63) is 0 Å². The van der Waals surface area contributed by atoms with Crippen molar-refractivity contribution in [2.75, 3.05) is 13.6 Å². The molecule has 0 aromatic rings. The Hall–Kier alpha value is -0.570. The van der Waals surface area contributed by atoms with Crippen LogP contribution in [0.15, 0.2) is 0 Å². The second-order valence-electron chi connectivity index (χ2n) is 4.00. The summed E-state index contributed by atoms with van der Waals surface area (Å²) < 4.78 is 0. The van der Waals surface area contributed by atoms with Crippen LogP contribution in [0.1, 0.15) is 32.6 Å². The number of carbonyl (C=O) groups excluding carboxylic acids is 1. The first-order valence-corrected chi connectivity index (χ1v) is 5.16. The van der Waals surface area contributed by atoms with E-state index in [4.69, 9.17) is 0 Å². The van der Waals surface area contributed by atoms with Crippen molar-refractivity contribution < 1.29 is 4.79 Å². The van der Waals surface area contributed by atoms with Gasteiger partial charge in [0.15, 0.2) is 0 Å². The SMILES string of the molecule is CNCCC(=O)NC(C)CC1CC1. The van der Waals surface area contributed by atoms with Gasteiger partial charge in [-0.15, -0.1) is 0 Å². The molecule has 1 rings (SSSR count). The highest BCUT2D eigenvalue weighted by molar-refractivity contribution is 5.76. The Bertz CT molecular complexity index is 166. The first-order valence-electron chi connectivity index (χ1n) is 5.16. The molecule has 0 saturated heterocycles. The molecule has 1 saturated carbocycles. The summed E-state index contributed by atoms with van der Waals surface area (Å²) >= 11 is 0. The summed E-state index contributed by atoms with van der Waals surface area (Å²) in [6.07, 6.45) is 4.46. The third-order valence-electron chi connectivity index (χ3n) is 2.39. The van der Waals surface area contributed by atoms with Gasteiger partial charge in [-0.1, -0.05) is 12.8 Å². The molecule has 1 aliphatic carbocycles. The molecule has 0 aromatic heterocycles. The minimum absolute atomic E-state index is 0.169. The van der Waals surface area contributed by atoms with E-state index in [0.717, 1.165) is 18.9 Å². The Kier molecular flexibility index (Phi) is 4.22. The van der Waals surface area contributed by atoms with Gasteiger partial charge in [0.05, 0.1) is 0 Å². The average molecular weight is 184 g/mol. The summed E-state index contributed by atoms with van der Waals surface area (Å²) in [5, 5.41) is 5.97. The van der Waals surface area contributed by atoms with Crippen molar-refractivity contribution in [1.29, 1.82) is 0 Å². The number of amides is 1. The van der Waals surface area contributed by atoms with Gasteiger partial charge >= 0.3 is 0 Å². The Labute approximate surface area is 80.3 Å². The normalized spacial score (nSPS) is 18.3. The van der Waals surface area contributed by atoms with E-state index < -0.39 is 0 Å². The zero-order valence-electron chi connectivity index (χ0n) is 8.60. The van der Waals surface area contributed by atoms with E-state index >= 15 is 0 Å². The summed E-state index contributed by atoms with van der Waals surface area (Å²) in [6.45, 7) is 2.86. The quantitative estimate of drug-likeness (QED) is 0.644. The average Bonchev–Trinajstić information content (AvgIpc) is 2.84. The van der Waals surface area contributed by atoms with Gasteiger partial charge in [-0.3, -0.25) is 4.79 Å². The van der Waals surface area contributed by atoms with E-state index in [2.05, 4.69) is 17.6 Å². The molecule has 1 amide bonds. The second-order valence-corrected chi connectivity index (χ2v) is 4.00. The largest absolute Gasteiger partial charge is 0.354 e. The van der Waals surface area contributed by atoms with E-state index in [1.165, 1.54) is 12.8 Å². The highest BCUT2D eigenvalue weighted by Gasteiger charge is 2.23. The Balaban J connectivity index is 2.03. The third-order valence-corrected chi connectivity index (χ3v) is 2.39. The lowest BCUT2D eigenvalue weighted by molar-refractivity contribution is -0.121. The molecule has 1 aliphatic rings. The molecule has 0 spiro atoms. The fraction of sp³-hybridized carbons (Fsp3) is 0.900. The van der Waals surface area contributed by atoms with Crippen LogP contribution in [-0.4, -0.2) is 25.5 Å². The van der Waals surface area contributed by atoms with Crippen LogP contribution < -0.4 is 10.6 Å². The van der Waals surface area contributed by atoms with Crippen molar-refractivity contribution in [2.24, 2.45) is 5.92 Å². The van der Waals surface area contributed by atoms with Crippen LogP contribution in [-0.2, 0) is 4.79 Å². The maximum Gasteiger partial charge on any atom is 0.221 e. The van der Waals surface area contributed by atoms with Gasteiger partial charge in [-0.05, 0) is 26.3 Å². The minimum atomic E-state index is 0.169. The van der Waals surface area contributed by atoms with E-state index in [0.29, 0.717) is 12.5 Å². The van der Waals surface area contributed by atoms with Crippen molar-refractivity contribution >= 4 is 5.91 Å². The van der Waals surface area contributed by atoms with E-state index in [9.17, 15) is 4.79 Å². The molecule has 3 heteroatoms. The molecular formula is C10H20N2O. The van der Waals surface area contributed by atoms with Crippen LogP contribution in [0, 0.1) is 5.92 Å². The second kappa shape index (κ2) is 5.22. The molecule has 13 heavy (non-hydrogen) atoms. The minimum Gasteiger partial charge on any atom is -0.354 e. The molecule has 76 valence electrons. The predicted octanol–water partition coefficient (Wildman–Crippen LogP) is 0.901. The molecule has 0 aliphatic heterocycles. The highest BCUT2D eigenvalue weighted by Crippen LogP contribution is 2.33. The van der Waals surface area contributed by atoms with Gasteiger partial charge < -0.3 is 10.6 Å². The summed E-state index contributed by atoms with van der Waals surface area (Å²) in [6, 6.07) is 0.358. The number of rotatable bonds is 6. The molecular weight excluding hydrogens is 164 g/mol. The van der Waals surface area contributed by atoms with Gasteiger partial charge in [0.2, 0.25) is 5.91 Å². The van der Waals surface area contributed by atoms with Crippen LogP contribution >= 0.6 is 0 Å². The molecule has 1 unspecified atom stereocenters. The standard InChI is InChI=1S/C10H20N2O/c1-8(7-9-3-4-9)12-10(13)5-6-11-2/h8-9,11H,3-7H2,1-2H3,(H,12,13). The lowest BCUT2D eigenvalue weighted by Crippen LogP contribution is -2.34. The van der Waals surface area contributed by atoms with Crippen LogP contribution in [0.25, 0.3) is 0 Å². The van der Waals surface area contributed by atoms with E-state index in [1.807, 2.05) is 7.05 Å². The van der Waals surface area contributed by atoms with Crippen molar-refractivity contribution in [2.45, 2.75) is 38.6 Å². The van der Waals surface area contributed by atoms with Crippen LogP contribution in [0.5, 0.6) is 0 Å². The lowest BCUT2D eigenvalue weighted by atomic mass is 10.1. The molecule has 1 fully saturated rings. The molecule has 0 aromatic carbocycles. The monoisotopic (exact) mass is 184 g/mol. The first-order chi connectivity index (χ1) is 6.22. The summed E-state index contributed by atoms with van der Waals surface area (Å²) in [5.74, 6) is 1.06. The summed E-state index contributed by atoms with van der Waals surface area (Å²) in [7, 11) is 1.86. The van der Waals surface area contributed by atoms with Crippen LogP contribution in [0.3, 0.4) is 0 Å². The summed E-state index contributed by atoms with van der Waals surface area (Å²) in [4.78, 5) is 11.3. The molecule has 0 heterocycles. The summed E-state index contributed by atoms with van der Waals surface area (Å²) in [5.41, 5.74) is 0. The van der Waals surface area contributed by atoms with Crippen molar-refractivity contribution in [1.82, 2.24) is 10.6 Å². The van der Waals surface area contributed by atoms with Crippen molar-refractivity contribution in [3.8, 4) is 0 Å². The number of hydrogen-bond acceptors (Lipinski definition) is 2. The van der Waals surface area contributed by atoms with E-state index in [-0.39, 0.29) is 5.91 Å². The topological polar surface area (TPSA) is 41.1 Å². The zero-order chi connectivity index (χ0) is 9.68. The van der Waals surface area contributed by atoms with Crippen molar-refractivity contribution in [3.63, 3.8) is 0 Å².